The molecule has 114 valence electrons. The molecule has 0 saturated heterocycles. The lowest BCUT2D eigenvalue weighted by Gasteiger charge is -2.19. The van der Waals surface area contributed by atoms with Crippen molar-refractivity contribution in [2.45, 2.75) is 19.1 Å². The maximum Gasteiger partial charge on any atom is 0.419 e. The molecule has 1 heterocycles. The lowest BCUT2D eigenvalue weighted by atomic mass is 10.0. The summed E-state index contributed by atoms with van der Waals surface area (Å²) in [4.78, 5) is 0.779. The highest BCUT2D eigenvalue weighted by Crippen LogP contribution is 2.36. The highest BCUT2D eigenvalue weighted by molar-refractivity contribution is 7.16. The zero-order valence-electron chi connectivity index (χ0n) is 11.0. The molecule has 0 fully saturated rings. The number of rotatable bonds is 4. The first-order valence-electron chi connectivity index (χ1n) is 6.18. The van der Waals surface area contributed by atoms with Crippen LogP contribution >= 0.6 is 22.9 Å². The third-order valence-electron chi connectivity index (χ3n) is 2.92. The van der Waals surface area contributed by atoms with Crippen molar-refractivity contribution in [3.05, 3.63) is 56.5 Å². The number of nitrogens with one attached hydrogen (secondary N) is 1. The van der Waals surface area contributed by atoms with E-state index in [4.69, 9.17) is 11.6 Å². The zero-order valence-corrected chi connectivity index (χ0v) is 12.5. The van der Waals surface area contributed by atoms with Gasteiger partial charge in [-0.1, -0.05) is 24.6 Å². The lowest BCUT2D eigenvalue weighted by Crippen LogP contribution is -2.22. The van der Waals surface area contributed by atoms with Crippen LogP contribution in [0.5, 0.6) is 0 Å². The summed E-state index contributed by atoms with van der Waals surface area (Å²) in [6.45, 7) is 2.40. The van der Waals surface area contributed by atoms with E-state index < -0.39 is 23.6 Å². The van der Waals surface area contributed by atoms with Crippen LogP contribution in [0.3, 0.4) is 0 Å². The second kappa shape index (κ2) is 6.34. The van der Waals surface area contributed by atoms with E-state index in [0.29, 0.717) is 16.4 Å². The van der Waals surface area contributed by atoms with Gasteiger partial charge < -0.3 is 5.32 Å². The van der Waals surface area contributed by atoms with Crippen molar-refractivity contribution in [3.8, 4) is 0 Å². The molecule has 0 aliphatic rings. The number of thiophene rings is 1. The first-order valence-corrected chi connectivity index (χ1v) is 7.37. The topological polar surface area (TPSA) is 12.0 Å². The number of hydrogen-bond donors (Lipinski definition) is 1. The molecule has 0 spiro atoms. The minimum absolute atomic E-state index is 0.351. The number of alkyl halides is 3. The summed E-state index contributed by atoms with van der Waals surface area (Å²) >= 11 is 7.15. The summed E-state index contributed by atoms with van der Waals surface area (Å²) in [5.41, 5.74) is -0.908. The van der Waals surface area contributed by atoms with Crippen LogP contribution in [0.15, 0.2) is 30.3 Å². The predicted octanol–water partition coefficient (Wildman–Crippen LogP) is 5.26. The van der Waals surface area contributed by atoms with Crippen molar-refractivity contribution in [1.82, 2.24) is 5.32 Å². The van der Waals surface area contributed by atoms with Crippen molar-refractivity contribution in [2.24, 2.45) is 0 Å². The van der Waals surface area contributed by atoms with Gasteiger partial charge in [-0.25, -0.2) is 4.39 Å². The molecular formula is C14H12ClF4NS. The van der Waals surface area contributed by atoms with Crippen LogP contribution in [-0.4, -0.2) is 6.54 Å². The van der Waals surface area contributed by atoms with Crippen LogP contribution in [0.4, 0.5) is 17.6 Å². The molecule has 0 bridgehead atoms. The maximum absolute atomic E-state index is 13.4. The SMILES string of the molecule is CCNC(c1ccc(F)c(C(F)(F)F)c1)c1ccc(Cl)s1. The fraction of sp³-hybridized carbons (Fsp3) is 0.286. The minimum Gasteiger partial charge on any atom is -0.306 e. The van der Waals surface area contributed by atoms with Crippen molar-refractivity contribution in [2.75, 3.05) is 6.54 Å². The Bertz CT molecular complexity index is 624. The van der Waals surface area contributed by atoms with E-state index in [0.717, 1.165) is 17.0 Å². The fourth-order valence-electron chi connectivity index (χ4n) is 2.01. The lowest BCUT2D eigenvalue weighted by molar-refractivity contribution is -0.140. The van der Waals surface area contributed by atoms with Crippen LogP contribution in [0, 0.1) is 5.82 Å². The Morgan fingerprint density at radius 1 is 1.24 bits per heavy atom. The average Bonchev–Trinajstić information content (AvgIpc) is 2.82. The minimum atomic E-state index is -4.72. The van der Waals surface area contributed by atoms with Crippen LogP contribution in [-0.2, 0) is 6.18 Å². The summed E-state index contributed by atoms with van der Waals surface area (Å²) in [7, 11) is 0. The second-order valence-corrected chi connectivity index (χ2v) is 6.12. The molecule has 0 aliphatic heterocycles. The van der Waals surface area contributed by atoms with E-state index in [9.17, 15) is 17.6 Å². The van der Waals surface area contributed by atoms with Gasteiger partial charge >= 0.3 is 6.18 Å². The Balaban J connectivity index is 2.46. The third-order valence-corrected chi connectivity index (χ3v) is 4.21. The van der Waals surface area contributed by atoms with Crippen molar-refractivity contribution in [3.63, 3.8) is 0 Å². The van der Waals surface area contributed by atoms with Crippen molar-refractivity contribution >= 4 is 22.9 Å². The van der Waals surface area contributed by atoms with E-state index in [2.05, 4.69) is 5.32 Å². The van der Waals surface area contributed by atoms with Crippen LogP contribution in [0.1, 0.15) is 29.0 Å². The Kier molecular flexibility index (Phi) is 4.91. The van der Waals surface area contributed by atoms with E-state index in [-0.39, 0.29) is 0 Å². The molecule has 0 aliphatic carbocycles. The van der Waals surface area contributed by atoms with Crippen LogP contribution in [0.2, 0.25) is 4.34 Å². The summed E-state index contributed by atoms with van der Waals surface area (Å²) in [5, 5.41) is 3.09. The fourth-order valence-corrected chi connectivity index (χ4v) is 3.17. The molecule has 21 heavy (non-hydrogen) atoms. The third kappa shape index (κ3) is 3.75. The van der Waals surface area contributed by atoms with Gasteiger partial charge in [0.05, 0.1) is 15.9 Å². The Morgan fingerprint density at radius 2 is 1.95 bits per heavy atom. The predicted molar refractivity (Wildman–Crippen MR) is 76.3 cm³/mol. The van der Waals surface area contributed by atoms with E-state index >= 15 is 0 Å². The van der Waals surface area contributed by atoms with Gasteiger partial charge in [-0.15, -0.1) is 11.3 Å². The molecule has 2 aromatic rings. The monoisotopic (exact) mass is 337 g/mol. The zero-order chi connectivity index (χ0) is 15.6. The maximum atomic E-state index is 13.4. The largest absolute Gasteiger partial charge is 0.419 e. The second-order valence-electron chi connectivity index (χ2n) is 4.37. The van der Waals surface area contributed by atoms with E-state index in [1.165, 1.54) is 17.4 Å². The normalized spacial score (nSPS) is 13.4. The molecule has 1 atom stereocenters. The van der Waals surface area contributed by atoms with Crippen molar-refractivity contribution in [1.29, 1.82) is 0 Å². The average molecular weight is 338 g/mol. The summed E-state index contributed by atoms with van der Waals surface area (Å²) in [6, 6.07) is 6.02. The molecule has 2 rings (SSSR count). The van der Waals surface area contributed by atoms with Gasteiger partial charge in [0.25, 0.3) is 0 Å². The molecule has 7 heteroatoms. The number of hydrogen-bond acceptors (Lipinski definition) is 2. The molecule has 1 nitrogen and oxygen atoms in total. The van der Waals surface area contributed by atoms with Gasteiger partial charge in [-0.05, 0) is 36.4 Å². The van der Waals surface area contributed by atoms with Gasteiger partial charge in [0.15, 0.2) is 0 Å². The highest BCUT2D eigenvalue weighted by Gasteiger charge is 2.34. The molecule has 0 saturated carbocycles. The summed E-state index contributed by atoms with van der Waals surface area (Å²) in [6.07, 6.45) is -4.72. The molecule has 0 amide bonds. The Morgan fingerprint density at radius 3 is 2.48 bits per heavy atom. The van der Waals surface area contributed by atoms with Crippen LogP contribution in [0.25, 0.3) is 0 Å². The van der Waals surface area contributed by atoms with Crippen molar-refractivity contribution < 1.29 is 17.6 Å². The first-order chi connectivity index (χ1) is 9.82. The smallest absolute Gasteiger partial charge is 0.306 e. The quantitative estimate of drug-likeness (QED) is 0.750. The van der Waals surface area contributed by atoms with Crippen LogP contribution < -0.4 is 5.32 Å². The summed E-state index contributed by atoms with van der Waals surface area (Å²) < 4.78 is 52.3. The Labute approximate surface area is 128 Å². The van der Waals surface area contributed by atoms with Gasteiger partial charge in [0, 0.05) is 4.88 Å². The first kappa shape index (κ1) is 16.3. The molecule has 0 radical (unpaired) electrons. The standard InChI is InChI=1S/C14H12ClF4NS/c1-2-20-13(11-5-6-12(15)21-11)8-3-4-10(16)9(7-8)14(17,18)19/h3-7,13,20H,2H2,1H3. The molecule has 1 N–H and O–H groups in total. The van der Waals surface area contributed by atoms with E-state index in [1.807, 2.05) is 6.92 Å². The number of halogens is 5. The van der Waals surface area contributed by atoms with Gasteiger partial charge in [-0.3, -0.25) is 0 Å². The van der Waals surface area contributed by atoms with E-state index in [1.54, 1.807) is 12.1 Å². The van der Waals surface area contributed by atoms with Gasteiger partial charge in [0.1, 0.15) is 5.82 Å². The summed E-state index contributed by atoms with van der Waals surface area (Å²) in [5.74, 6) is -1.27. The van der Waals surface area contributed by atoms with Gasteiger partial charge in [-0.2, -0.15) is 13.2 Å². The molecule has 1 unspecified atom stereocenters. The molecule has 1 aromatic heterocycles. The Hall–Kier alpha value is -1.11. The molecule has 1 aromatic carbocycles. The highest BCUT2D eigenvalue weighted by atomic mass is 35.5. The molecular weight excluding hydrogens is 326 g/mol. The number of benzene rings is 1. The van der Waals surface area contributed by atoms with Gasteiger partial charge in [0.2, 0.25) is 0 Å².